The third-order valence-electron chi connectivity index (χ3n) is 0.563. The second-order valence-corrected chi connectivity index (χ2v) is 4.58. The molecule has 0 saturated carbocycles. The first kappa shape index (κ1) is 7.93. The van der Waals surface area contributed by atoms with Crippen molar-refractivity contribution in [2.75, 3.05) is 12.8 Å². The van der Waals surface area contributed by atoms with Crippen LogP contribution in [0.3, 0.4) is 0 Å². The highest BCUT2D eigenvalue weighted by molar-refractivity contribution is 7.57. The van der Waals surface area contributed by atoms with Crippen molar-refractivity contribution in [3.63, 3.8) is 0 Å². The van der Waals surface area contributed by atoms with Crippen LogP contribution in [-0.2, 0) is 4.57 Å². The number of hydrogen-bond acceptors (Lipinski definition) is 1. The highest BCUT2D eigenvalue weighted by Crippen LogP contribution is 2.36. The fourth-order valence-electron chi connectivity index (χ4n) is 0.501. The predicted molar refractivity (Wildman–Crippen MR) is 35.4 cm³/mol. The molecule has 1 N–H and O–H groups in total. The predicted octanol–water partition coefficient (Wildman–Crippen LogP) is 1.46. The molecule has 0 spiro atoms. The molecule has 3 heteroatoms. The molecule has 0 aromatic heterocycles. The molecule has 0 aromatic carbocycles. The van der Waals surface area contributed by atoms with Crippen LogP contribution in [0.4, 0.5) is 0 Å². The minimum Gasteiger partial charge on any atom is -0.344 e. The van der Waals surface area contributed by atoms with Gasteiger partial charge in [-0.3, -0.25) is 4.57 Å². The first-order valence-corrected chi connectivity index (χ1v) is 4.65. The number of hydrogen-bond donors (Lipinski definition) is 1. The Labute approximate surface area is 49.7 Å². The van der Waals surface area contributed by atoms with E-state index >= 15 is 0 Å². The van der Waals surface area contributed by atoms with Crippen molar-refractivity contribution in [2.45, 2.75) is 6.92 Å². The van der Waals surface area contributed by atoms with E-state index in [1.165, 1.54) is 6.66 Å². The van der Waals surface area contributed by atoms with E-state index in [0.29, 0.717) is 0 Å². The van der Waals surface area contributed by atoms with Crippen molar-refractivity contribution in [1.29, 1.82) is 0 Å². The lowest BCUT2D eigenvalue weighted by Gasteiger charge is -2.01. The van der Waals surface area contributed by atoms with E-state index in [0.717, 1.165) is 5.57 Å². The molecule has 0 aliphatic heterocycles. The Morgan fingerprint density at radius 2 is 2.25 bits per heavy atom. The van der Waals surface area contributed by atoms with Crippen LogP contribution < -0.4 is 0 Å². The molecule has 8 heavy (non-hydrogen) atoms. The zero-order chi connectivity index (χ0) is 6.78. The second-order valence-electron chi connectivity index (χ2n) is 2.17. The van der Waals surface area contributed by atoms with Crippen molar-refractivity contribution >= 4 is 7.37 Å². The van der Waals surface area contributed by atoms with E-state index in [1.807, 2.05) is 0 Å². The van der Waals surface area contributed by atoms with Crippen LogP contribution in [-0.4, -0.2) is 17.7 Å². The van der Waals surface area contributed by atoms with Crippen LogP contribution in [0.1, 0.15) is 6.92 Å². The quantitative estimate of drug-likeness (QED) is 0.458. The maximum atomic E-state index is 10.5. The molecule has 0 amide bonds. The fourth-order valence-corrected chi connectivity index (χ4v) is 1.50. The molecule has 0 saturated heterocycles. The lowest BCUT2D eigenvalue weighted by atomic mass is 10.4. The van der Waals surface area contributed by atoms with Gasteiger partial charge in [0, 0.05) is 12.8 Å². The number of rotatable bonds is 2. The normalized spacial score (nSPS) is 17.4. The van der Waals surface area contributed by atoms with Gasteiger partial charge in [-0.25, -0.2) is 0 Å². The van der Waals surface area contributed by atoms with Gasteiger partial charge in [-0.15, -0.1) is 0 Å². The Morgan fingerprint density at radius 3 is 2.25 bits per heavy atom. The summed E-state index contributed by atoms with van der Waals surface area (Å²) in [6.45, 7) is 6.59. The average Bonchev–Trinajstić information content (AvgIpc) is 1.21. The van der Waals surface area contributed by atoms with Gasteiger partial charge in [-0.2, -0.15) is 0 Å². The van der Waals surface area contributed by atoms with E-state index in [4.69, 9.17) is 4.89 Å². The van der Waals surface area contributed by atoms with Gasteiger partial charge in [0.1, 0.15) is 0 Å². The molecule has 0 fully saturated rings. The van der Waals surface area contributed by atoms with Gasteiger partial charge in [-0.05, 0) is 6.92 Å². The topological polar surface area (TPSA) is 37.3 Å². The summed E-state index contributed by atoms with van der Waals surface area (Å²) in [4.78, 5) is 8.68. The summed E-state index contributed by atoms with van der Waals surface area (Å²) in [6.07, 6.45) is 0.243. The zero-order valence-electron chi connectivity index (χ0n) is 5.22. The Hall–Kier alpha value is -0.0700. The van der Waals surface area contributed by atoms with Crippen LogP contribution in [0.15, 0.2) is 12.2 Å². The van der Waals surface area contributed by atoms with Gasteiger partial charge < -0.3 is 4.89 Å². The van der Waals surface area contributed by atoms with Crippen LogP contribution in [0.2, 0.25) is 0 Å². The van der Waals surface area contributed by atoms with Crippen molar-refractivity contribution < 1.29 is 9.46 Å². The third-order valence-corrected chi connectivity index (χ3v) is 1.69. The second kappa shape index (κ2) is 2.47. The minimum atomic E-state index is -2.82. The molecule has 2 nitrogen and oxygen atoms in total. The molecule has 0 rings (SSSR count). The molecule has 0 bridgehead atoms. The Bertz CT molecular complexity index is 133. The Kier molecular flexibility index (Phi) is 2.45. The monoisotopic (exact) mass is 134 g/mol. The largest absolute Gasteiger partial charge is 0.344 e. The first-order valence-electron chi connectivity index (χ1n) is 2.35. The summed E-state index contributed by atoms with van der Waals surface area (Å²) < 4.78 is 10.5. The highest BCUT2D eigenvalue weighted by atomic mass is 31.2. The molecule has 0 aliphatic rings. The van der Waals surface area contributed by atoms with Gasteiger partial charge in [0.15, 0.2) is 0 Å². The summed E-state index contributed by atoms with van der Waals surface area (Å²) in [5.74, 6) is 0. The van der Waals surface area contributed by atoms with Crippen molar-refractivity contribution in [3.8, 4) is 0 Å². The standard InChI is InChI=1S/C5H11O2P/c1-5(2)4-8(3,6)7/h1,4H2,2-3H3,(H,6,7). The third kappa shape index (κ3) is 5.93. The first-order chi connectivity index (χ1) is 3.42. The smallest absolute Gasteiger partial charge is 0.201 e. The van der Waals surface area contributed by atoms with Crippen molar-refractivity contribution in [3.05, 3.63) is 12.2 Å². The summed E-state index contributed by atoms with van der Waals surface area (Å²) in [7, 11) is -2.82. The van der Waals surface area contributed by atoms with E-state index in [1.54, 1.807) is 6.92 Å². The SMILES string of the molecule is C=C(C)CP(C)(=O)O. The van der Waals surface area contributed by atoms with Gasteiger partial charge in [-0.1, -0.05) is 12.2 Å². The van der Waals surface area contributed by atoms with Crippen molar-refractivity contribution in [2.24, 2.45) is 0 Å². The average molecular weight is 134 g/mol. The van der Waals surface area contributed by atoms with E-state index < -0.39 is 7.37 Å². The van der Waals surface area contributed by atoms with E-state index in [9.17, 15) is 4.57 Å². The van der Waals surface area contributed by atoms with Gasteiger partial charge >= 0.3 is 0 Å². The summed E-state index contributed by atoms with van der Waals surface area (Å²) in [6, 6.07) is 0. The summed E-state index contributed by atoms with van der Waals surface area (Å²) in [5.41, 5.74) is 0.762. The molecule has 0 heterocycles. The molecule has 0 radical (unpaired) electrons. The van der Waals surface area contributed by atoms with Crippen molar-refractivity contribution in [1.82, 2.24) is 0 Å². The van der Waals surface area contributed by atoms with E-state index in [2.05, 4.69) is 6.58 Å². The van der Waals surface area contributed by atoms with E-state index in [-0.39, 0.29) is 6.16 Å². The Balaban J connectivity index is 3.74. The molecular weight excluding hydrogens is 123 g/mol. The zero-order valence-corrected chi connectivity index (χ0v) is 6.11. The molecule has 0 aromatic rings. The van der Waals surface area contributed by atoms with Crippen LogP contribution in [0, 0.1) is 0 Å². The Morgan fingerprint density at radius 1 is 1.88 bits per heavy atom. The van der Waals surface area contributed by atoms with Crippen LogP contribution in [0.25, 0.3) is 0 Å². The highest BCUT2D eigenvalue weighted by Gasteiger charge is 2.07. The molecule has 1 atom stereocenters. The fraction of sp³-hybridized carbons (Fsp3) is 0.600. The minimum absolute atomic E-state index is 0.243. The van der Waals surface area contributed by atoms with Crippen LogP contribution in [0.5, 0.6) is 0 Å². The summed E-state index contributed by atoms with van der Waals surface area (Å²) >= 11 is 0. The van der Waals surface area contributed by atoms with Gasteiger partial charge in [0.2, 0.25) is 7.37 Å². The molecule has 1 unspecified atom stereocenters. The lowest BCUT2D eigenvalue weighted by molar-refractivity contribution is 0.487. The van der Waals surface area contributed by atoms with Gasteiger partial charge in [0.25, 0.3) is 0 Å². The van der Waals surface area contributed by atoms with Gasteiger partial charge in [0.05, 0.1) is 0 Å². The molecular formula is C5H11O2P. The maximum Gasteiger partial charge on any atom is 0.201 e. The summed E-state index contributed by atoms with van der Waals surface area (Å²) in [5, 5.41) is 0. The maximum absolute atomic E-state index is 10.5. The van der Waals surface area contributed by atoms with Crippen LogP contribution >= 0.6 is 7.37 Å². The lowest BCUT2D eigenvalue weighted by Crippen LogP contribution is -1.85. The molecule has 0 aliphatic carbocycles. The molecule has 48 valence electrons. The number of allylic oxidation sites excluding steroid dienone is 1.